The van der Waals surface area contributed by atoms with Gasteiger partial charge in [0.15, 0.2) is 0 Å². The van der Waals surface area contributed by atoms with Crippen molar-refractivity contribution in [2.45, 2.75) is 12.8 Å². The topological polar surface area (TPSA) is 35.2 Å². The summed E-state index contributed by atoms with van der Waals surface area (Å²) in [6.45, 7) is 2.58. The number of hydrogen-bond acceptors (Lipinski definition) is 2. The number of hydrogen-bond donors (Lipinski definition) is 1. The van der Waals surface area contributed by atoms with Gasteiger partial charge in [0.1, 0.15) is 0 Å². The highest BCUT2D eigenvalue weighted by Crippen LogP contribution is 2.51. The van der Waals surface area contributed by atoms with Crippen LogP contribution >= 0.6 is 0 Å². The van der Waals surface area contributed by atoms with E-state index in [1.807, 2.05) is 0 Å². The number of allylic oxidation sites excluding steroid dienone is 1. The van der Waals surface area contributed by atoms with Gasteiger partial charge in [-0.2, -0.15) is 0 Å². The third-order valence-corrected chi connectivity index (χ3v) is 2.55. The summed E-state index contributed by atoms with van der Waals surface area (Å²) >= 11 is 0. The monoisotopic (exact) mass is 139 g/mol. The lowest BCUT2D eigenvalue weighted by atomic mass is 9.91. The standard InChI is InChI=1S/C8H13NO/c9-3-1-8-2-4-10-6-7(8)5-8/h5H,1-4,6,9H2. The van der Waals surface area contributed by atoms with E-state index in [1.165, 1.54) is 12.0 Å². The van der Waals surface area contributed by atoms with Crippen molar-refractivity contribution in [3.05, 3.63) is 11.6 Å². The minimum Gasteiger partial charge on any atom is -0.377 e. The molecule has 0 aromatic heterocycles. The van der Waals surface area contributed by atoms with E-state index in [1.54, 1.807) is 0 Å². The molecule has 2 aliphatic rings. The first-order valence-corrected chi connectivity index (χ1v) is 3.87. The average molecular weight is 139 g/mol. The van der Waals surface area contributed by atoms with E-state index in [9.17, 15) is 0 Å². The molecule has 2 N–H and O–H groups in total. The van der Waals surface area contributed by atoms with Crippen molar-refractivity contribution in [2.75, 3.05) is 19.8 Å². The summed E-state index contributed by atoms with van der Waals surface area (Å²) in [5, 5.41) is 0. The van der Waals surface area contributed by atoms with Gasteiger partial charge in [-0.05, 0) is 25.0 Å². The van der Waals surface area contributed by atoms with Crippen LogP contribution < -0.4 is 5.73 Å². The van der Waals surface area contributed by atoms with E-state index in [0.717, 1.165) is 26.2 Å². The normalized spacial score (nSPS) is 36.7. The molecule has 0 radical (unpaired) electrons. The highest BCUT2D eigenvalue weighted by Gasteiger charge is 2.44. The molecule has 0 aromatic carbocycles. The second-order valence-electron chi connectivity index (χ2n) is 3.17. The van der Waals surface area contributed by atoms with Crippen molar-refractivity contribution in [1.82, 2.24) is 0 Å². The molecule has 10 heavy (non-hydrogen) atoms. The second kappa shape index (κ2) is 2.07. The highest BCUT2D eigenvalue weighted by molar-refractivity contribution is 5.40. The largest absolute Gasteiger partial charge is 0.377 e. The summed E-state index contributed by atoms with van der Waals surface area (Å²) in [6, 6.07) is 0. The number of nitrogens with two attached hydrogens (primary N) is 1. The van der Waals surface area contributed by atoms with Gasteiger partial charge in [0.25, 0.3) is 0 Å². The predicted molar refractivity (Wildman–Crippen MR) is 39.6 cm³/mol. The molecule has 1 fully saturated rings. The van der Waals surface area contributed by atoms with Crippen molar-refractivity contribution < 1.29 is 4.74 Å². The van der Waals surface area contributed by atoms with E-state index in [0.29, 0.717) is 5.41 Å². The average Bonchev–Trinajstić information content (AvgIpc) is 2.62. The molecule has 0 saturated carbocycles. The summed E-state index contributed by atoms with van der Waals surface area (Å²) in [4.78, 5) is 0. The van der Waals surface area contributed by atoms with Crippen LogP contribution in [0, 0.1) is 5.41 Å². The molecular formula is C8H13NO. The van der Waals surface area contributed by atoms with Gasteiger partial charge in [0.2, 0.25) is 0 Å². The number of rotatable bonds is 2. The van der Waals surface area contributed by atoms with Crippen LogP contribution in [0.25, 0.3) is 0 Å². The van der Waals surface area contributed by atoms with Crippen molar-refractivity contribution >= 4 is 0 Å². The summed E-state index contributed by atoms with van der Waals surface area (Å²) in [5.41, 5.74) is 7.42. The first-order valence-electron chi connectivity index (χ1n) is 3.87. The first kappa shape index (κ1) is 6.38. The van der Waals surface area contributed by atoms with Crippen LogP contribution in [0.5, 0.6) is 0 Å². The molecule has 56 valence electrons. The third kappa shape index (κ3) is 0.796. The zero-order chi connectivity index (χ0) is 7.03. The van der Waals surface area contributed by atoms with E-state index >= 15 is 0 Å². The van der Waals surface area contributed by atoms with Crippen LogP contribution in [0.15, 0.2) is 11.6 Å². The molecule has 2 nitrogen and oxygen atoms in total. The smallest absolute Gasteiger partial charge is 0.0685 e. The van der Waals surface area contributed by atoms with E-state index < -0.39 is 0 Å². The fourth-order valence-electron chi connectivity index (χ4n) is 1.77. The molecule has 2 heteroatoms. The Bertz CT molecular complexity index is 172. The SMILES string of the molecule is NCCC12C=C1COCC2. The molecule has 1 aliphatic carbocycles. The van der Waals surface area contributed by atoms with Gasteiger partial charge >= 0.3 is 0 Å². The molecule has 1 saturated heterocycles. The first-order chi connectivity index (χ1) is 4.87. The van der Waals surface area contributed by atoms with Crippen molar-refractivity contribution in [1.29, 1.82) is 0 Å². The quantitative estimate of drug-likeness (QED) is 0.571. The molecule has 1 unspecified atom stereocenters. The van der Waals surface area contributed by atoms with Crippen LogP contribution in [-0.2, 0) is 4.74 Å². The van der Waals surface area contributed by atoms with Gasteiger partial charge in [-0.15, -0.1) is 0 Å². The second-order valence-corrected chi connectivity index (χ2v) is 3.17. The fourth-order valence-corrected chi connectivity index (χ4v) is 1.77. The Morgan fingerprint density at radius 2 is 2.60 bits per heavy atom. The van der Waals surface area contributed by atoms with Gasteiger partial charge in [-0.1, -0.05) is 6.08 Å². The van der Waals surface area contributed by atoms with Crippen LogP contribution in [-0.4, -0.2) is 19.8 Å². The molecule has 1 heterocycles. The Labute approximate surface area is 61.0 Å². The maximum absolute atomic E-state index is 5.50. The fraction of sp³-hybridized carbons (Fsp3) is 0.750. The molecular weight excluding hydrogens is 126 g/mol. The van der Waals surface area contributed by atoms with Gasteiger partial charge in [-0.25, -0.2) is 0 Å². The van der Waals surface area contributed by atoms with Crippen LogP contribution in [0.4, 0.5) is 0 Å². The third-order valence-electron chi connectivity index (χ3n) is 2.55. The Morgan fingerprint density at radius 3 is 3.30 bits per heavy atom. The molecule has 1 aliphatic heterocycles. The Morgan fingerprint density at radius 1 is 1.70 bits per heavy atom. The maximum Gasteiger partial charge on any atom is 0.0685 e. The minimum atomic E-state index is 0.438. The molecule has 2 rings (SSSR count). The summed E-state index contributed by atoms with van der Waals surface area (Å²) < 4.78 is 5.29. The van der Waals surface area contributed by atoms with Crippen LogP contribution in [0.1, 0.15) is 12.8 Å². The summed E-state index contributed by atoms with van der Waals surface area (Å²) in [6.07, 6.45) is 4.62. The number of ether oxygens (including phenoxy) is 1. The lowest BCUT2D eigenvalue weighted by molar-refractivity contribution is 0.106. The van der Waals surface area contributed by atoms with E-state index in [2.05, 4.69) is 6.08 Å². The Hall–Kier alpha value is -0.340. The summed E-state index contributed by atoms with van der Waals surface area (Å²) in [7, 11) is 0. The Balaban J connectivity index is 1.95. The molecule has 1 atom stereocenters. The predicted octanol–water partition coefficient (Wildman–Crippen LogP) is 0.682. The van der Waals surface area contributed by atoms with Crippen molar-refractivity contribution in [3.63, 3.8) is 0 Å². The lowest BCUT2D eigenvalue weighted by Gasteiger charge is -2.22. The zero-order valence-corrected chi connectivity index (χ0v) is 6.10. The molecule has 0 amide bonds. The molecule has 0 spiro atoms. The lowest BCUT2D eigenvalue weighted by Crippen LogP contribution is -2.20. The zero-order valence-electron chi connectivity index (χ0n) is 6.10. The molecule has 0 aromatic rings. The van der Waals surface area contributed by atoms with Crippen molar-refractivity contribution in [3.8, 4) is 0 Å². The highest BCUT2D eigenvalue weighted by atomic mass is 16.5. The van der Waals surface area contributed by atoms with Gasteiger partial charge < -0.3 is 10.5 Å². The van der Waals surface area contributed by atoms with Crippen LogP contribution in [0.3, 0.4) is 0 Å². The van der Waals surface area contributed by atoms with Gasteiger partial charge in [-0.3, -0.25) is 0 Å². The van der Waals surface area contributed by atoms with E-state index in [-0.39, 0.29) is 0 Å². The molecule has 0 bridgehead atoms. The summed E-state index contributed by atoms with van der Waals surface area (Å²) in [5.74, 6) is 0. The Kier molecular flexibility index (Phi) is 1.32. The van der Waals surface area contributed by atoms with Crippen LogP contribution in [0.2, 0.25) is 0 Å². The minimum absolute atomic E-state index is 0.438. The van der Waals surface area contributed by atoms with Gasteiger partial charge in [0, 0.05) is 12.0 Å². The number of fused-ring (bicyclic) bond motifs is 1. The maximum atomic E-state index is 5.50. The van der Waals surface area contributed by atoms with E-state index in [4.69, 9.17) is 10.5 Å². The van der Waals surface area contributed by atoms with Crippen molar-refractivity contribution in [2.24, 2.45) is 11.1 Å². The van der Waals surface area contributed by atoms with Gasteiger partial charge in [0.05, 0.1) is 6.61 Å².